The molecule has 10 heavy (non-hydrogen) atoms. The molecule has 1 aromatic rings. The van der Waals surface area contributed by atoms with Crippen LogP contribution >= 0.6 is 24.0 Å². The van der Waals surface area contributed by atoms with Crippen molar-refractivity contribution in [3.63, 3.8) is 0 Å². The molecule has 0 unspecified atom stereocenters. The van der Waals surface area contributed by atoms with Crippen LogP contribution in [0.3, 0.4) is 0 Å². The molecule has 0 saturated heterocycles. The fraction of sp³-hybridized carbons (Fsp3) is 0.333. The van der Waals surface area contributed by atoms with Gasteiger partial charge in [0.25, 0.3) is 0 Å². The molecule has 2 N–H and O–H groups in total. The number of anilines is 1. The van der Waals surface area contributed by atoms with Crippen LogP contribution in [0.15, 0.2) is 18.5 Å². The highest BCUT2D eigenvalue weighted by atomic mass is 127. The lowest BCUT2D eigenvalue weighted by Crippen LogP contribution is -2.36. The van der Waals surface area contributed by atoms with Crippen LogP contribution in [0.25, 0.3) is 0 Å². The van der Waals surface area contributed by atoms with Crippen molar-refractivity contribution in [1.82, 2.24) is 4.98 Å². The van der Waals surface area contributed by atoms with Gasteiger partial charge in [-0.2, -0.15) is 0 Å². The number of hydrogen-bond acceptors (Lipinski definition) is 2. The summed E-state index contributed by atoms with van der Waals surface area (Å²) in [5, 5.41) is 0. The lowest BCUT2D eigenvalue weighted by atomic mass is 10.6. The topological polar surface area (TPSA) is 42.8 Å². The highest BCUT2D eigenvalue weighted by molar-refractivity contribution is 14.0. The number of rotatable bonds is 1. The van der Waals surface area contributed by atoms with Crippen molar-refractivity contribution < 1.29 is 4.57 Å². The maximum Gasteiger partial charge on any atom is 0.389 e. The van der Waals surface area contributed by atoms with Gasteiger partial charge in [0.1, 0.15) is 6.20 Å². The van der Waals surface area contributed by atoms with Gasteiger partial charge in [0.05, 0.1) is 12.7 Å². The van der Waals surface area contributed by atoms with Gasteiger partial charge >= 0.3 is 5.95 Å². The molecule has 0 bridgehead atoms. The lowest BCUT2D eigenvalue weighted by molar-refractivity contribution is -0.681. The average molecular weight is 252 g/mol. The van der Waals surface area contributed by atoms with Crippen molar-refractivity contribution in [2.24, 2.45) is 0 Å². The first-order valence-corrected chi connectivity index (χ1v) is 2.94. The van der Waals surface area contributed by atoms with Gasteiger partial charge < -0.3 is 0 Å². The Morgan fingerprint density at radius 3 is 2.80 bits per heavy atom. The van der Waals surface area contributed by atoms with Crippen LogP contribution in [0.2, 0.25) is 0 Å². The Morgan fingerprint density at radius 2 is 2.40 bits per heavy atom. The smallest absolute Gasteiger partial charge is 0.287 e. The van der Waals surface area contributed by atoms with Gasteiger partial charge in [-0.15, -0.1) is 24.0 Å². The predicted octanol–water partition coefficient (Wildman–Crippen LogP) is 0.589. The van der Waals surface area contributed by atoms with Gasteiger partial charge in [-0.25, -0.2) is 4.57 Å². The molecule has 1 heterocycles. The van der Waals surface area contributed by atoms with E-state index in [0.29, 0.717) is 5.95 Å². The van der Waals surface area contributed by atoms with Crippen LogP contribution < -0.4 is 10.3 Å². The third-order valence-electron chi connectivity index (χ3n) is 1.19. The Bertz CT molecular complexity index is 202. The third-order valence-corrected chi connectivity index (χ3v) is 1.19. The second-order valence-electron chi connectivity index (χ2n) is 1.76. The Labute approximate surface area is 77.3 Å². The van der Waals surface area contributed by atoms with Gasteiger partial charge in [0, 0.05) is 6.07 Å². The van der Waals surface area contributed by atoms with Crippen LogP contribution in [-0.2, 0) is 6.54 Å². The van der Waals surface area contributed by atoms with E-state index in [1.807, 2.05) is 23.8 Å². The molecule has 0 spiro atoms. The van der Waals surface area contributed by atoms with E-state index in [2.05, 4.69) is 4.98 Å². The van der Waals surface area contributed by atoms with E-state index in [-0.39, 0.29) is 24.0 Å². The summed E-state index contributed by atoms with van der Waals surface area (Å²) in [5.41, 5.74) is 5.48. The maximum atomic E-state index is 5.48. The molecule has 1 aromatic heterocycles. The van der Waals surface area contributed by atoms with E-state index in [1.54, 1.807) is 6.20 Å². The summed E-state index contributed by atoms with van der Waals surface area (Å²) in [6.45, 7) is 2.90. The summed E-state index contributed by atoms with van der Waals surface area (Å²) in [5.74, 6) is 0.569. The van der Waals surface area contributed by atoms with Crippen molar-refractivity contribution in [1.29, 1.82) is 0 Å². The molecule has 0 fully saturated rings. The molecule has 0 aliphatic carbocycles. The van der Waals surface area contributed by atoms with Gasteiger partial charge in [0.15, 0.2) is 0 Å². The van der Waals surface area contributed by atoms with E-state index in [0.717, 1.165) is 6.54 Å². The molecule has 56 valence electrons. The Kier molecular flexibility index (Phi) is 4.26. The number of halogens is 1. The fourth-order valence-corrected chi connectivity index (χ4v) is 0.680. The van der Waals surface area contributed by atoms with Crippen molar-refractivity contribution in [2.45, 2.75) is 13.5 Å². The molecule has 4 heteroatoms. The van der Waals surface area contributed by atoms with E-state index in [9.17, 15) is 0 Å². The maximum absolute atomic E-state index is 5.48. The first kappa shape index (κ1) is 9.61. The monoisotopic (exact) mass is 252 g/mol. The second kappa shape index (κ2) is 4.43. The average Bonchev–Trinajstić information content (AvgIpc) is 1.89. The normalized spacial score (nSPS) is 8.50. The Balaban J connectivity index is 0.000000810. The van der Waals surface area contributed by atoms with Gasteiger partial charge in [-0.05, 0) is 6.92 Å². The summed E-state index contributed by atoms with van der Waals surface area (Å²) < 4.78 is 1.88. The first-order chi connectivity index (χ1) is 4.34. The number of nitrogen functional groups attached to an aromatic ring is 1. The summed E-state index contributed by atoms with van der Waals surface area (Å²) in [7, 11) is 0. The SMILES string of the molecule is CC[n+]1cccnc1N.I. The molecule has 0 radical (unpaired) electrons. The summed E-state index contributed by atoms with van der Waals surface area (Å²) in [6, 6.07) is 1.86. The molecule has 0 aliphatic heterocycles. The minimum Gasteiger partial charge on any atom is -0.287 e. The van der Waals surface area contributed by atoms with Crippen LogP contribution in [-0.4, -0.2) is 4.98 Å². The number of hydrogen-bond donors (Lipinski definition) is 1. The standard InChI is InChI=1S/C6H9N3.HI/c1-2-9-5-3-4-8-6(9)7;/h3-5,7H,2H2,1H3;1H/p+1. The van der Waals surface area contributed by atoms with E-state index >= 15 is 0 Å². The first-order valence-electron chi connectivity index (χ1n) is 2.94. The van der Waals surface area contributed by atoms with Crippen molar-refractivity contribution in [2.75, 3.05) is 5.73 Å². The highest BCUT2D eigenvalue weighted by Crippen LogP contribution is 1.81. The largest absolute Gasteiger partial charge is 0.389 e. The third kappa shape index (κ3) is 2.09. The molecule has 0 aliphatic rings. The molecular weight excluding hydrogens is 241 g/mol. The van der Waals surface area contributed by atoms with Crippen LogP contribution in [0.1, 0.15) is 6.92 Å². The number of aryl methyl sites for hydroxylation is 1. The van der Waals surface area contributed by atoms with Gasteiger partial charge in [-0.1, -0.05) is 4.98 Å². The van der Waals surface area contributed by atoms with E-state index in [4.69, 9.17) is 5.73 Å². The van der Waals surface area contributed by atoms with Crippen molar-refractivity contribution in [3.05, 3.63) is 18.5 Å². The van der Waals surface area contributed by atoms with Crippen LogP contribution in [0.5, 0.6) is 0 Å². The molecule has 0 amide bonds. The minimum absolute atomic E-state index is 0. The Morgan fingerprint density at radius 1 is 1.70 bits per heavy atom. The van der Waals surface area contributed by atoms with Crippen LogP contribution in [0.4, 0.5) is 5.95 Å². The van der Waals surface area contributed by atoms with E-state index in [1.165, 1.54) is 0 Å². The summed E-state index contributed by atoms with van der Waals surface area (Å²) in [4.78, 5) is 3.89. The molecule has 3 nitrogen and oxygen atoms in total. The van der Waals surface area contributed by atoms with Gasteiger partial charge in [0.2, 0.25) is 0 Å². The zero-order chi connectivity index (χ0) is 6.69. The molecule has 0 saturated carbocycles. The number of aromatic nitrogens is 2. The minimum atomic E-state index is 0. The Hall–Kier alpha value is -0.390. The van der Waals surface area contributed by atoms with E-state index < -0.39 is 0 Å². The number of nitrogens with zero attached hydrogens (tertiary/aromatic N) is 2. The predicted molar refractivity (Wildman–Crippen MR) is 49.9 cm³/mol. The molecule has 1 rings (SSSR count). The van der Waals surface area contributed by atoms with Crippen molar-refractivity contribution in [3.8, 4) is 0 Å². The zero-order valence-electron chi connectivity index (χ0n) is 5.82. The lowest BCUT2D eigenvalue weighted by Gasteiger charge is -1.93. The second-order valence-corrected chi connectivity index (χ2v) is 1.76. The van der Waals surface area contributed by atoms with Crippen LogP contribution in [0, 0.1) is 0 Å². The summed E-state index contributed by atoms with van der Waals surface area (Å²) in [6.07, 6.45) is 3.59. The quantitative estimate of drug-likeness (QED) is 0.587. The summed E-state index contributed by atoms with van der Waals surface area (Å²) >= 11 is 0. The number of nitrogens with two attached hydrogens (primary N) is 1. The van der Waals surface area contributed by atoms with Crippen molar-refractivity contribution >= 4 is 29.9 Å². The molecule has 0 atom stereocenters. The molecule has 0 aromatic carbocycles. The fourth-order valence-electron chi connectivity index (χ4n) is 0.680. The van der Waals surface area contributed by atoms with Gasteiger partial charge in [-0.3, -0.25) is 5.73 Å². The molecular formula is C6H11IN3+. The highest BCUT2D eigenvalue weighted by Gasteiger charge is 1.98. The zero-order valence-corrected chi connectivity index (χ0v) is 8.15.